The lowest BCUT2D eigenvalue weighted by molar-refractivity contribution is 0.0594. The van der Waals surface area contributed by atoms with Crippen molar-refractivity contribution in [3.8, 4) is 0 Å². The summed E-state index contributed by atoms with van der Waals surface area (Å²) >= 11 is 5.67. The van der Waals surface area contributed by atoms with Crippen LogP contribution in [0.1, 0.15) is 10.5 Å². The van der Waals surface area contributed by atoms with Crippen LogP contribution in [0.2, 0.25) is 5.15 Å². The number of aromatic nitrogens is 2. The molecule has 6 nitrogen and oxygen atoms in total. The maximum Gasteiger partial charge on any atom is 0.360 e. The number of carbonyl (C=O) groups excluding carboxylic acids is 1. The number of nitrogens with two attached hydrogens (primary N) is 1. The summed E-state index contributed by atoms with van der Waals surface area (Å²) < 4.78 is 15.5. The first-order chi connectivity index (χ1) is 6.97. The summed E-state index contributed by atoms with van der Waals surface area (Å²) in [5, 5.41) is -0.0766. The van der Waals surface area contributed by atoms with E-state index >= 15 is 0 Å². The van der Waals surface area contributed by atoms with Crippen LogP contribution in [-0.2, 0) is 15.5 Å². The Kier molecular flexibility index (Phi) is 3.59. The smallest absolute Gasteiger partial charge is 0.360 e. The molecule has 0 aromatic carbocycles. The molecule has 0 fully saturated rings. The van der Waals surface area contributed by atoms with Gasteiger partial charge in [0.1, 0.15) is 0 Å². The molecule has 1 atom stereocenters. The van der Waals surface area contributed by atoms with Crippen molar-refractivity contribution in [2.24, 2.45) is 0 Å². The topological polar surface area (TPSA) is 95.2 Å². The zero-order valence-electron chi connectivity index (χ0n) is 7.98. The van der Waals surface area contributed by atoms with Gasteiger partial charge < -0.3 is 10.5 Å². The predicted octanol–water partition coefficient (Wildman–Crippen LogP) is 0.236. The fourth-order valence-corrected chi connectivity index (χ4v) is 1.80. The van der Waals surface area contributed by atoms with Crippen molar-refractivity contribution in [2.45, 2.75) is 5.03 Å². The Balaban J connectivity index is 3.31. The Morgan fingerprint density at radius 1 is 1.53 bits per heavy atom. The molecular formula is C7H8ClN3O3S. The highest BCUT2D eigenvalue weighted by Crippen LogP contribution is 2.18. The van der Waals surface area contributed by atoms with Crippen LogP contribution in [0.25, 0.3) is 0 Å². The third kappa shape index (κ3) is 2.42. The van der Waals surface area contributed by atoms with Crippen LogP contribution in [-0.4, -0.2) is 33.5 Å². The SMILES string of the molecule is COC(=O)c1nc(Cl)c(S(C)=O)nc1N. The van der Waals surface area contributed by atoms with Crippen LogP contribution in [0.4, 0.5) is 5.82 Å². The van der Waals surface area contributed by atoms with Crippen molar-refractivity contribution in [3.05, 3.63) is 10.8 Å². The van der Waals surface area contributed by atoms with E-state index in [9.17, 15) is 9.00 Å². The fraction of sp³-hybridized carbons (Fsp3) is 0.286. The first kappa shape index (κ1) is 11.9. The molecule has 0 aliphatic rings. The van der Waals surface area contributed by atoms with E-state index < -0.39 is 16.8 Å². The van der Waals surface area contributed by atoms with Gasteiger partial charge in [-0.3, -0.25) is 4.21 Å². The number of nitrogen functional groups attached to an aromatic ring is 1. The lowest BCUT2D eigenvalue weighted by Crippen LogP contribution is -2.12. The van der Waals surface area contributed by atoms with Crippen LogP contribution in [0.15, 0.2) is 5.03 Å². The minimum absolute atomic E-state index is 0.0434. The Morgan fingerprint density at radius 2 is 2.13 bits per heavy atom. The second-order valence-electron chi connectivity index (χ2n) is 2.50. The molecule has 0 aliphatic heterocycles. The Bertz CT molecular complexity index is 438. The lowest BCUT2D eigenvalue weighted by atomic mass is 10.4. The number of rotatable bonds is 2. The number of hydrogen-bond acceptors (Lipinski definition) is 6. The first-order valence-corrected chi connectivity index (χ1v) is 5.65. The molecule has 0 amide bonds. The van der Waals surface area contributed by atoms with Crippen molar-refractivity contribution in [1.29, 1.82) is 0 Å². The van der Waals surface area contributed by atoms with Gasteiger partial charge in [0.2, 0.25) is 0 Å². The van der Waals surface area contributed by atoms with Gasteiger partial charge in [-0.1, -0.05) is 11.6 Å². The van der Waals surface area contributed by atoms with Gasteiger partial charge in [0.15, 0.2) is 21.7 Å². The second kappa shape index (κ2) is 4.54. The highest BCUT2D eigenvalue weighted by molar-refractivity contribution is 7.84. The van der Waals surface area contributed by atoms with E-state index in [0.717, 1.165) is 0 Å². The van der Waals surface area contributed by atoms with E-state index in [0.29, 0.717) is 0 Å². The summed E-state index contributed by atoms with van der Waals surface area (Å²) in [4.78, 5) is 18.5. The van der Waals surface area contributed by atoms with Crippen molar-refractivity contribution in [1.82, 2.24) is 9.97 Å². The molecule has 2 N–H and O–H groups in total. The molecule has 0 saturated carbocycles. The van der Waals surface area contributed by atoms with Crippen molar-refractivity contribution >= 4 is 34.2 Å². The third-order valence-electron chi connectivity index (χ3n) is 1.50. The summed E-state index contributed by atoms with van der Waals surface area (Å²) in [6.45, 7) is 0. The standard InChI is InChI=1S/C7H8ClN3O3S/c1-14-7(12)3-5(9)11-6(15(2)13)4(8)10-3/h1-2H3,(H2,9,11). The quantitative estimate of drug-likeness (QED) is 0.754. The predicted molar refractivity (Wildman–Crippen MR) is 55.1 cm³/mol. The molecular weight excluding hydrogens is 242 g/mol. The number of halogens is 1. The van der Waals surface area contributed by atoms with Gasteiger partial charge in [-0.05, 0) is 0 Å². The van der Waals surface area contributed by atoms with Crippen LogP contribution in [0.3, 0.4) is 0 Å². The lowest BCUT2D eigenvalue weighted by Gasteiger charge is -2.05. The van der Waals surface area contributed by atoms with Gasteiger partial charge in [0.05, 0.1) is 17.9 Å². The number of hydrogen-bond donors (Lipinski definition) is 1. The maximum absolute atomic E-state index is 11.1. The third-order valence-corrected chi connectivity index (χ3v) is 2.71. The van der Waals surface area contributed by atoms with Gasteiger partial charge in [0, 0.05) is 6.26 Å². The van der Waals surface area contributed by atoms with Crippen molar-refractivity contribution < 1.29 is 13.7 Å². The second-order valence-corrected chi connectivity index (χ2v) is 4.15. The molecule has 1 heterocycles. The molecule has 1 unspecified atom stereocenters. The molecule has 1 aromatic heterocycles. The number of ether oxygens (including phenoxy) is 1. The summed E-state index contributed by atoms with van der Waals surface area (Å²) in [6, 6.07) is 0. The maximum atomic E-state index is 11.1. The van der Waals surface area contributed by atoms with E-state index in [2.05, 4.69) is 14.7 Å². The molecule has 8 heteroatoms. The monoisotopic (exact) mass is 249 g/mol. The molecule has 0 saturated heterocycles. The fourth-order valence-electron chi connectivity index (χ4n) is 0.842. The van der Waals surface area contributed by atoms with E-state index in [4.69, 9.17) is 17.3 Å². The molecule has 0 aliphatic carbocycles. The molecule has 82 valence electrons. The largest absolute Gasteiger partial charge is 0.464 e. The van der Waals surface area contributed by atoms with Gasteiger partial charge in [-0.15, -0.1) is 0 Å². The average Bonchev–Trinajstić information content (AvgIpc) is 2.19. The summed E-state index contributed by atoms with van der Waals surface area (Å²) in [5.74, 6) is -0.896. The van der Waals surface area contributed by atoms with Crippen LogP contribution in [0.5, 0.6) is 0 Å². The van der Waals surface area contributed by atoms with E-state index in [1.165, 1.54) is 13.4 Å². The minimum Gasteiger partial charge on any atom is -0.464 e. The Labute approximate surface area is 93.3 Å². The Hall–Kier alpha value is -1.21. The molecule has 15 heavy (non-hydrogen) atoms. The van der Waals surface area contributed by atoms with Crippen LogP contribution >= 0.6 is 11.6 Å². The Morgan fingerprint density at radius 3 is 2.60 bits per heavy atom. The zero-order chi connectivity index (χ0) is 11.6. The summed E-state index contributed by atoms with van der Waals surface area (Å²) in [5.41, 5.74) is 5.25. The molecule has 0 radical (unpaired) electrons. The first-order valence-electron chi connectivity index (χ1n) is 3.72. The number of nitrogens with zero attached hydrogens (tertiary/aromatic N) is 2. The average molecular weight is 250 g/mol. The molecule has 0 spiro atoms. The van der Waals surface area contributed by atoms with Gasteiger partial charge in [0.25, 0.3) is 0 Å². The minimum atomic E-state index is -1.41. The highest BCUT2D eigenvalue weighted by Gasteiger charge is 2.18. The number of anilines is 1. The van der Waals surface area contributed by atoms with Crippen molar-refractivity contribution in [2.75, 3.05) is 19.1 Å². The van der Waals surface area contributed by atoms with Gasteiger partial charge in [-0.25, -0.2) is 14.8 Å². The van der Waals surface area contributed by atoms with Gasteiger partial charge in [-0.2, -0.15) is 0 Å². The van der Waals surface area contributed by atoms with Crippen LogP contribution < -0.4 is 5.73 Å². The van der Waals surface area contributed by atoms with Crippen molar-refractivity contribution in [3.63, 3.8) is 0 Å². The molecule has 0 bridgehead atoms. The number of carbonyl (C=O) groups is 1. The number of esters is 1. The van der Waals surface area contributed by atoms with E-state index in [-0.39, 0.29) is 21.7 Å². The number of methoxy groups -OCH3 is 1. The normalized spacial score (nSPS) is 12.2. The molecule has 1 rings (SSSR count). The zero-order valence-corrected chi connectivity index (χ0v) is 9.56. The van der Waals surface area contributed by atoms with E-state index in [1.54, 1.807) is 0 Å². The summed E-state index contributed by atoms with van der Waals surface area (Å²) in [7, 11) is -0.228. The van der Waals surface area contributed by atoms with Gasteiger partial charge >= 0.3 is 5.97 Å². The van der Waals surface area contributed by atoms with E-state index in [1.807, 2.05) is 0 Å². The summed E-state index contributed by atoms with van der Waals surface area (Å²) in [6.07, 6.45) is 1.38. The van der Waals surface area contributed by atoms with Crippen LogP contribution in [0, 0.1) is 0 Å². The molecule has 1 aromatic rings. The highest BCUT2D eigenvalue weighted by atomic mass is 35.5.